The van der Waals surface area contributed by atoms with Gasteiger partial charge in [0.1, 0.15) is 22.3 Å². The summed E-state index contributed by atoms with van der Waals surface area (Å²) in [4.78, 5) is 15.2. The number of nitrogens with zero attached hydrogens (tertiary/aromatic N) is 3. The second-order valence-electron chi connectivity index (χ2n) is 13.6. The minimum Gasteiger partial charge on any atom is -0.456 e. The largest absolute Gasteiger partial charge is 0.456 e. The highest BCUT2D eigenvalue weighted by Gasteiger charge is 2.19. The Morgan fingerprint density at radius 2 is 0.870 bits per heavy atom. The van der Waals surface area contributed by atoms with Crippen LogP contribution in [0.2, 0.25) is 0 Å². The molecule has 54 heavy (non-hydrogen) atoms. The zero-order valence-electron chi connectivity index (χ0n) is 28.9. The predicted octanol–water partition coefficient (Wildman–Crippen LogP) is 13.2. The molecule has 3 heterocycles. The van der Waals surface area contributed by atoms with Crippen molar-refractivity contribution in [2.24, 2.45) is 0 Å². The number of hydrogen-bond donors (Lipinski definition) is 0. The first-order valence-corrected chi connectivity index (χ1v) is 18.0. The molecule has 0 aliphatic heterocycles. The molecule has 0 amide bonds. The number of para-hydroxylation sites is 1. The average Bonchev–Trinajstić information content (AvgIpc) is 3.82. The SMILES string of the molecule is c1ccc(-c2ccc3oc4c5ccccc5c(-c5ccc(-c6nc(-c7ccccc7)nc(-c7cccc8oc9ccccc9c78)n6)cc5)cc4c3c2)cc1. The van der Waals surface area contributed by atoms with Crippen molar-refractivity contribution >= 4 is 54.6 Å². The zero-order chi connectivity index (χ0) is 35.6. The molecular weight excluding hydrogens is 663 g/mol. The lowest BCUT2D eigenvalue weighted by atomic mass is 9.94. The maximum Gasteiger partial charge on any atom is 0.164 e. The van der Waals surface area contributed by atoms with E-state index in [1.807, 2.05) is 66.7 Å². The fourth-order valence-electron chi connectivity index (χ4n) is 7.75. The van der Waals surface area contributed by atoms with Crippen LogP contribution in [0.15, 0.2) is 185 Å². The number of furan rings is 2. The van der Waals surface area contributed by atoms with Gasteiger partial charge in [0, 0.05) is 43.6 Å². The fourth-order valence-corrected chi connectivity index (χ4v) is 7.75. The van der Waals surface area contributed by atoms with Crippen LogP contribution in [0, 0.1) is 0 Å². The average molecular weight is 692 g/mol. The summed E-state index contributed by atoms with van der Waals surface area (Å²) in [5.74, 6) is 1.81. The fraction of sp³-hybridized carbons (Fsp3) is 0. The summed E-state index contributed by atoms with van der Waals surface area (Å²) in [6.07, 6.45) is 0. The molecule has 0 fully saturated rings. The Labute approximate surface area is 309 Å². The number of hydrogen-bond acceptors (Lipinski definition) is 5. The van der Waals surface area contributed by atoms with E-state index in [9.17, 15) is 0 Å². The van der Waals surface area contributed by atoms with E-state index in [1.54, 1.807) is 0 Å². The molecule has 11 aromatic rings. The topological polar surface area (TPSA) is 65.0 Å². The van der Waals surface area contributed by atoms with Crippen molar-refractivity contribution in [3.05, 3.63) is 176 Å². The third kappa shape index (κ3) is 4.90. The normalized spacial score (nSPS) is 11.7. The first kappa shape index (κ1) is 30.3. The van der Waals surface area contributed by atoms with Crippen molar-refractivity contribution in [2.45, 2.75) is 0 Å². The molecule has 11 rings (SSSR count). The van der Waals surface area contributed by atoms with Gasteiger partial charge in [-0.2, -0.15) is 0 Å². The zero-order valence-corrected chi connectivity index (χ0v) is 28.9. The van der Waals surface area contributed by atoms with E-state index in [2.05, 4.69) is 109 Å². The smallest absolute Gasteiger partial charge is 0.164 e. The van der Waals surface area contributed by atoms with Gasteiger partial charge in [-0.25, -0.2) is 15.0 Å². The van der Waals surface area contributed by atoms with E-state index in [0.29, 0.717) is 17.5 Å². The van der Waals surface area contributed by atoms with Crippen LogP contribution in [-0.2, 0) is 0 Å². The lowest BCUT2D eigenvalue weighted by Crippen LogP contribution is -2.00. The van der Waals surface area contributed by atoms with E-state index >= 15 is 0 Å². The molecule has 0 aliphatic carbocycles. The molecule has 0 N–H and O–H groups in total. The third-order valence-corrected chi connectivity index (χ3v) is 10.3. The van der Waals surface area contributed by atoms with Crippen LogP contribution in [0.4, 0.5) is 0 Å². The molecule has 0 bridgehead atoms. The van der Waals surface area contributed by atoms with Crippen molar-refractivity contribution in [3.63, 3.8) is 0 Å². The number of benzene rings is 8. The minimum atomic E-state index is 0.596. The highest BCUT2D eigenvalue weighted by atomic mass is 16.3. The van der Waals surface area contributed by atoms with Crippen LogP contribution in [0.5, 0.6) is 0 Å². The Morgan fingerprint density at radius 1 is 0.296 bits per heavy atom. The number of rotatable bonds is 5. The number of aromatic nitrogens is 3. The Hall–Kier alpha value is -7.37. The summed E-state index contributed by atoms with van der Waals surface area (Å²) < 4.78 is 12.8. The van der Waals surface area contributed by atoms with Gasteiger partial charge in [0.25, 0.3) is 0 Å². The molecular formula is C49H29N3O2. The Kier molecular flexibility index (Phi) is 6.79. The molecule has 0 unspecified atom stereocenters. The van der Waals surface area contributed by atoms with Crippen LogP contribution in [-0.4, -0.2) is 15.0 Å². The van der Waals surface area contributed by atoms with Gasteiger partial charge < -0.3 is 8.83 Å². The van der Waals surface area contributed by atoms with E-state index in [0.717, 1.165) is 88.0 Å². The standard InChI is InChI=1S/C49H29N3O2/c1-3-12-30(13-4-1)34-26-27-43-40(28-34)41-29-39(35-16-7-8-17-36(35)46(41)54-43)31-22-24-33(25-23-31)48-50-47(32-14-5-2-6-15-32)51-49(52-48)38-19-11-21-44-45(38)37-18-9-10-20-42(37)53-44/h1-29H. The van der Waals surface area contributed by atoms with Crippen LogP contribution < -0.4 is 0 Å². The van der Waals surface area contributed by atoms with Crippen LogP contribution in [0.1, 0.15) is 0 Å². The molecule has 3 aromatic heterocycles. The molecule has 5 heteroatoms. The van der Waals surface area contributed by atoms with Gasteiger partial charge in [0.2, 0.25) is 0 Å². The van der Waals surface area contributed by atoms with Crippen molar-refractivity contribution in [1.82, 2.24) is 15.0 Å². The first-order valence-electron chi connectivity index (χ1n) is 18.0. The monoisotopic (exact) mass is 691 g/mol. The molecule has 0 aliphatic rings. The number of fused-ring (bicyclic) bond motifs is 8. The molecule has 0 saturated carbocycles. The molecule has 5 nitrogen and oxygen atoms in total. The minimum absolute atomic E-state index is 0.596. The summed E-state index contributed by atoms with van der Waals surface area (Å²) >= 11 is 0. The van der Waals surface area contributed by atoms with Gasteiger partial charge in [0.05, 0.1) is 0 Å². The highest BCUT2D eigenvalue weighted by Crippen LogP contribution is 2.42. The molecule has 0 atom stereocenters. The summed E-state index contributed by atoms with van der Waals surface area (Å²) in [6.45, 7) is 0. The summed E-state index contributed by atoms with van der Waals surface area (Å²) in [5, 5.41) is 6.43. The molecule has 0 spiro atoms. The van der Waals surface area contributed by atoms with E-state index in [1.165, 1.54) is 5.56 Å². The first-order chi connectivity index (χ1) is 26.7. The predicted molar refractivity (Wildman–Crippen MR) is 219 cm³/mol. The van der Waals surface area contributed by atoms with Crippen molar-refractivity contribution in [3.8, 4) is 56.4 Å². The second-order valence-corrected chi connectivity index (χ2v) is 13.6. The molecule has 0 radical (unpaired) electrons. The summed E-state index contributed by atoms with van der Waals surface area (Å²) in [5.41, 5.74) is 10.7. The Morgan fingerprint density at radius 3 is 1.65 bits per heavy atom. The maximum absolute atomic E-state index is 6.54. The van der Waals surface area contributed by atoms with Crippen molar-refractivity contribution < 1.29 is 8.83 Å². The summed E-state index contributed by atoms with van der Waals surface area (Å²) in [7, 11) is 0. The lowest BCUT2D eigenvalue weighted by Gasteiger charge is -2.11. The van der Waals surface area contributed by atoms with Gasteiger partial charge in [-0.05, 0) is 58.0 Å². The maximum atomic E-state index is 6.54. The van der Waals surface area contributed by atoms with Crippen LogP contribution in [0.25, 0.3) is 111 Å². The highest BCUT2D eigenvalue weighted by molar-refractivity contribution is 6.19. The van der Waals surface area contributed by atoms with Gasteiger partial charge >= 0.3 is 0 Å². The molecule has 8 aromatic carbocycles. The Balaban J connectivity index is 1.06. The van der Waals surface area contributed by atoms with E-state index < -0.39 is 0 Å². The lowest BCUT2D eigenvalue weighted by molar-refractivity contribution is 0.669. The van der Waals surface area contributed by atoms with Crippen LogP contribution >= 0.6 is 0 Å². The van der Waals surface area contributed by atoms with Gasteiger partial charge in [0.15, 0.2) is 17.5 Å². The van der Waals surface area contributed by atoms with E-state index in [-0.39, 0.29) is 0 Å². The molecule has 0 saturated heterocycles. The Bertz CT molecular complexity index is 3200. The summed E-state index contributed by atoms with van der Waals surface area (Å²) in [6, 6.07) is 60.5. The van der Waals surface area contributed by atoms with Gasteiger partial charge in [-0.3, -0.25) is 0 Å². The van der Waals surface area contributed by atoms with Gasteiger partial charge in [-0.15, -0.1) is 0 Å². The van der Waals surface area contributed by atoms with E-state index in [4.69, 9.17) is 23.8 Å². The van der Waals surface area contributed by atoms with Crippen LogP contribution in [0.3, 0.4) is 0 Å². The second kappa shape index (κ2) is 12.1. The van der Waals surface area contributed by atoms with Crippen molar-refractivity contribution in [1.29, 1.82) is 0 Å². The quantitative estimate of drug-likeness (QED) is 0.180. The van der Waals surface area contributed by atoms with Gasteiger partial charge in [-0.1, -0.05) is 146 Å². The molecule has 252 valence electrons. The van der Waals surface area contributed by atoms with Crippen molar-refractivity contribution in [2.75, 3.05) is 0 Å². The third-order valence-electron chi connectivity index (χ3n) is 10.3.